The van der Waals surface area contributed by atoms with Gasteiger partial charge in [-0.2, -0.15) is 0 Å². The minimum atomic E-state index is -1.37. The van der Waals surface area contributed by atoms with Gasteiger partial charge in [-0.1, -0.05) is 0 Å². The number of hydrogen-bond acceptors (Lipinski definition) is 5. The number of hydrogen-bond donors (Lipinski definition) is 3. The van der Waals surface area contributed by atoms with Crippen molar-refractivity contribution in [2.45, 2.75) is 12.6 Å². The average Bonchev–Trinajstić information content (AvgIpc) is 2.17. The molecule has 1 amide bonds. The summed E-state index contributed by atoms with van der Waals surface area (Å²) in [6.07, 6.45) is 1.08. The molecule has 0 saturated carbocycles. The highest BCUT2D eigenvalue weighted by Crippen LogP contribution is 2.10. The van der Waals surface area contributed by atoms with E-state index in [1.54, 1.807) is 14.1 Å². The van der Waals surface area contributed by atoms with Crippen LogP contribution in [0.5, 0.6) is 0 Å². The monoisotopic (exact) mass is 232 g/mol. The van der Waals surface area contributed by atoms with Crippen LogP contribution in [0.3, 0.4) is 0 Å². The summed E-state index contributed by atoms with van der Waals surface area (Å²) in [5.41, 5.74) is -1.37. The van der Waals surface area contributed by atoms with Crippen molar-refractivity contribution in [3.63, 3.8) is 0 Å². The summed E-state index contributed by atoms with van der Waals surface area (Å²) in [4.78, 5) is 12.8. The summed E-state index contributed by atoms with van der Waals surface area (Å²) >= 11 is 0. The van der Waals surface area contributed by atoms with E-state index in [9.17, 15) is 15.0 Å². The third kappa shape index (κ3) is 5.11. The van der Waals surface area contributed by atoms with E-state index >= 15 is 0 Å². The normalized spacial score (nSPS) is 16.0. The van der Waals surface area contributed by atoms with Gasteiger partial charge in [0.15, 0.2) is 5.76 Å². The number of carbonyl (C=O) groups is 1. The zero-order chi connectivity index (χ0) is 12.8. The molecule has 0 saturated heterocycles. The SMILES string of the molecule is COCCNC(=O)/C(O)=C/C(C)(O)N(C)C. The number of nitrogens with zero attached hydrogens (tertiary/aromatic N) is 1. The Morgan fingerprint density at radius 3 is 2.56 bits per heavy atom. The molecule has 0 aliphatic carbocycles. The first kappa shape index (κ1) is 14.9. The first-order chi connectivity index (χ1) is 7.31. The Bertz CT molecular complexity index is 262. The van der Waals surface area contributed by atoms with Crippen molar-refractivity contribution in [2.24, 2.45) is 0 Å². The first-order valence-electron chi connectivity index (χ1n) is 4.90. The van der Waals surface area contributed by atoms with E-state index in [0.717, 1.165) is 6.08 Å². The van der Waals surface area contributed by atoms with E-state index in [4.69, 9.17) is 4.74 Å². The fraction of sp³-hybridized carbons (Fsp3) is 0.700. The highest BCUT2D eigenvalue weighted by Gasteiger charge is 2.22. The predicted octanol–water partition coefficient (Wildman–Crippen LogP) is -0.539. The van der Waals surface area contributed by atoms with Crippen molar-refractivity contribution in [3.05, 3.63) is 11.8 Å². The van der Waals surface area contributed by atoms with Crippen molar-refractivity contribution >= 4 is 5.91 Å². The Hall–Kier alpha value is -1.11. The van der Waals surface area contributed by atoms with Crippen LogP contribution in [0.25, 0.3) is 0 Å². The fourth-order valence-electron chi connectivity index (χ4n) is 0.811. The minimum Gasteiger partial charge on any atom is -0.503 e. The molecule has 6 nitrogen and oxygen atoms in total. The smallest absolute Gasteiger partial charge is 0.286 e. The van der Waals surface area contributed by atoms with Crippen LogP contribution in [0.1, 0.15) is 6.92 Å². The van der Waals surface area contributed by atoms with E-state index < -0.39 is 17.4 Å². The summed E-state index contributed by atoms with van der Waals surface area (Å²) < 4.78 is 4.74. The maximum Gasteiger partial charge on any atom is 0.286 e. The number of aliphatic hydroxyl groups excluding tert-OH is 1. The molecular formula is C10H20N2O4. The van der Waals surface area contributed by atoms with Gasteiger partial charge in [0.2, 0.25) is 0 Å². The number of carbonyl (C=O) groups excluding carboxylic acids is 1. The Morgan fingerprint density at radius 2 is 2.12 bits per heavy atom. The van der Waals surface area contributed by atoms with Gasteiger partial charge in [-0.15, -0.1) is 0 Å². The number of nitrogens with one attached hydrogen (secondary N) is 1. The number of ether oxygens (including phenoxy) is 1. The van der Waals surface area contributed by atoms with Gasteiger partial charge in [-0.25, -0.2) is 0 Å². The Labute approximate surface area is 95.5 Å². The van der Waals surface area contributed by atoms with Gasteiger partial charge in [-0.05, 0) is 21.0 Å². The summed E-state index contributed by atoms with van der Waals surface area (Å²) in [6.45, 7) is 2.13. The van der Waals surface area contributed by atoms with E-state index in [2.05, 4.69) is 5.32 Å². The lowest BCUT2D eigenvalue weighted by Crippen LogP contribution is -2.40. The van der Waals surface area contributed by atoms with Crippen LogP contribution in [0, 0.1) is 0 Å². The molecule has 0 aromatic carbocycles. The van der Waals surface area contributed by atoms with Gasteiger partial charge in [0, 0.05) is 19.7 Å². The molecule has 0 aromatic heterocycles. The standard InChI is InChI=1S/C10H20N2O4/c1-10(15,12(2)3)7-8(13)9(14)11-5-6-16-4/h7,13,15H,5-6H2,1-4H3,(H,11,14)/b8-7-. The van der Waals surface area contributed by atoms with E-state index in [-0.39, 0.29) is 0 Å². The molecule has 0 aromatic rings. The van der Waals surface area contributed by atoms with Crippen LogP contribution < -0.4 is 5.32 Å². The average molecular weight is 232 g/mol. The molecule has 3 N–H and O–H groups in total. The molecule has 0 rings (SSSR count). The van der Waals surface area contributed by atoms with Gasteiger partial charge < -0.3 is 20.3 Å². The quantitative estimate of drug-likeness (QED) is 0.248. The molecule has 0 aliphatic heterocycles. The lowest BCUT2D eigenvalue weighted by atomic mass is 10.2. The molecule has 94 valence electrons. The maximum atomic E-state index is 11.3. The van der Waals surface area contributed by atoms with E-state index in [1.165, 1.54) is 18.9 Å². The van der Waals surface area contributed by atoms with Crippen molar-refractivity contribution in [2.75, 3.05) is 34.4 Å². The van der Waals surface area contributed by atoms with Crippen molar-refractivity contribution in [1.82, 2.24) is 10.2 Å². The van der Waals surface area contributed by atoms with Gasteiger partial charge >= 0.3 is 0 Å². The lowest BCUT2D eigenvalue weighted by Gasteiger charge is -2.27. The Balaban J connectivity index is 4.37. The summed E-state index contributed by atoms with van der Waals surface area (Å²) in [7, 11) is 4.78. The molecular weight excluding hydrogens is 212 g/mol. The number of methoxy groups -OCH3 is 1. The largest absolute Gasteiger partial charge is 0.503 e. The maximum absolute atomic E-state index is 11.3. The van der Waals surface area contributed by atoms with Gasteiger partial charge in [-0.3, -0.25) is 9.69 Å². The van der Waals surface area contributed by atoms with Crippen LogP contribution >= 0.6 is 0 Å². The molecule has 0 aliphatic rings. The second-order valence-electron chi connectivity index (χ2n) is 3.77. The molecule has 0 spiro atoms. The Morgan fingerprint density at radius 1 is 1.56 bits per heavy atom. The molecule has 0 bridgehead atoms. The van der Waals surface area contributed by atoms with Gasteiger partial charge in [0.1, 0.15) is 5.72 Å². The molecule has 0 heterocycles. The first-order valence-corrected chi connectivity index (χ1v) is 4.90. The highest BCUT2D eigenvalue weighted by molar-refractivity contribution is 5.91. The topological polar surface area (TPSA) is 82.0 Å². The van der Waals surface area contributed by atoms with Crippen LogP contribution in [-0.2, 0) is 9.53 Å². The van der Waals surface area contributed by atoms with Crippen molar-refractivity contribution < 1.29 is 19.7 Å². The third-order valence-electron chi connectivity index (χ3n) is 2.14. The van der Waals surface area contributed by atoms with Gasteiger partial charge in [0.25, 0.3) is 5.91 Å². The van der Waals surface area contributed by atoms with Crippen LogP contribution in [0.15, 0.2) is 11.8 Å². The zero-order valence-electron chi connectivity index (χ0n) is 10.1. The molecule has 0 radical (unpaired) electrons. The summed E-state index contributed by atoms with van der Waals surface area (Å²) in [6, 6.07) is 0. The highest BCUT2D eigenvalue weighted by atomic mass is 16.5. The molecule has 1 unspecified atom stereocenters. The van der Waals surface area contributed by atoms with E-state index in [1.807, 2.05) is 0 Å². The number of likely N-dealkylation sites (N-methyl/N-ethyl adjacent to an activating group) is 1. The third-order valence-corrected chi connectivity index (χ3v) is 2.14. The summed E-state index contributed by atoms with van der Waals surface area (Å²) in [5.74, 6) is -1.16. The molecule has 6 heteroatoms. The number of amides is 1. The molecule has 0 fully saturated rings. The molecule has 16 heavy (non-hydrogen) atoms. The fourth-order valence-corrected chi connectivity index (χ4v) is 0.811. The van der Waals surface area contributed by atoms with Crippen LogP contribution in [0.4, 0.5) is 0 Å². The predicted molar refractivity (Wildman–Crippen MR) is 59.9 cm³/mol. The second kappa shape index (κ2) is 6.47. The lowest BCUT2D eigenvalue weighted by molar-refractivity contribution is -0.120. The summed E-state index contributed by atoms with van der Waals surface area (Å²) in [5, 5.41) is 21.6. The second-order valence-corrected chi connectivity index (χ2v) is 3.77. The number of aliphatic hydroxyl groups is 2. The molecule has 1 atom stereocenters. The zero-order valence-corrected chi connectivity index (χ0v) is 10.1. The van der Waals surface area contributed by atoms with Crippen molar-refractivity contribution in [3.8, 4) is 0 Å². The number of rotatable bonds is 6. The van der Waals surface area contributed by atoms with Crippen LogP contribution in [0.2, 0.25) is 0 Å². The minimum absolute atomic E-state index is 0.303. The van der Waals surface area contributed by atoms with Crippen molar-refractivity contribution in [1.29, 1.82) is 0 Å². The van der Waals surface area contributed by atoms with Gasteiger partial charge in [0.05, 0.1) is 6.61 Å². The van der Waals surface area contributed by atoms with E-state index in [0.29, 0.717) is 13.2 Å². The van der Waals surface area contributed by atoms with Crippen LogP contribution in [-0.4, -0.2) is 61.1 Å². The Kier molecular flexibility index (Phi) is 6.02.